The van der Waals surface area contributed by atoms with E-state index in [4.69, 9.17) is 11.6 Å². The number of hydrazone groups is 1. The van der Waals surface area contributed by atoms with Crippen LogP contribution in [0.4, 0.5) is 0 Å². The summed E-state index contributed by atoms with van der Waals surface area (Å²) < 4.78 is 1.01. The Labute approximate surface area is 147 Å². The second kappa shape index (κ2) is 8.98. The van der Waals surface area contributed by atoms with Gasteiger partial charge < -0.3 is 0 Å². The van der Waals surface area contributed by atoms with Crippen LogP contribution in [0.5, 0.6) is 0 Å². The molecule has 0 fully saturated rings. The van der Waals surface area contributed by atoms with Crippen molar-refractivity contribution in [3.63, 3.8) is 0 Å². The third-order valence-corrected chi connectivity index (χ3v) is 4.48. The van der Waals surface area contributed by atoms with E-state index in [1.54, 1.807) is 18.0 Å². The molecule has 0 aromatic heterocycles. The molecule has 2 aromatic rings. The number of nitrogens with one attached hydrogen (secondary N) is 1. The van der Waals surface area contributed by atoms with Gasteiger partial charge in [0.05, 0.1) is 6.21 Å². The molecule has 6 heteroatoms. The zero-order valence-corrected chi connectivity index (χ0v) is 14.8. The Morgan fingerprint density at radius 3 is 2.55 bits per heavy atom. The highest BCUT2D eigenvalue weighted by molar-refractivity contribution is 9.10. The summed E-state index contributed by atoms with van der Waals surface area (Å²) in [5, 5.41) is 4.65. The predicted octanol–water partition coefficient (Wildman–Crippen LogP) is 4.74. The van der Waals surface area contributed by atoms with E-state index in [-0.39, 0.29) is 5.91 Å². The highest BCUT2D eigenvalue weighted by atomic mass is 79.9. The fourth-order valence-corrected chi connectivity index (χ4v) is 2.82. The number of rotatable bonds is 6. The number of carbonyl (C=O) groups is 1. The van der Waals surface area contributed by atoms with Crippen molar-refractivity contribution in [1.29, 1.82) is 0 Å². The molecular weight excluding hydrogens is 384 g/mol. The first-order chi connectivity index (χ1) is 10.6. The maximum atomic E-state index is 11.7. The molecule has 114 valence electrons. The van der Waals surface area contributed by atoms with E-state index < -0.39 is 0 Å². The van der Waals surface area contributed by atoms with Crippen molar-refractivity contribution in [2.24, 2.45) is 5.10 Å². The van der Waals surface area contributed by atoms with Gasteiger partial charge in [0, 0.05) is 26.6 Å². The van der Waals surface area contributed by atoms with Gasteiger partial charge >= 0.3 is 0 Å². The van der Waals surface area contributed by atoms with Crippen LogP contribution < -0.4 is 5.43 Å². The average molecular weight is 398 g/mol. The third-order valence-electron chi connectivity index (χ3n) is 2.68. The summed E-state index contributed by atoms with van der Waals surface area (Å²) in [4.78, 5) is 12.8. The van der Waals surface area contributed by atoms with Crippen LogP contribution in [0.15, 0.2) is 63.0 Å². The van der Waals surface area contributed by atoms with Gasteiger partial charge in [-0.2, -0.15) is 5.10 Å². The first kappa shape index (κ1) is 17.1. The van der Waals surface area contributed by atoms with E-state index in [2.05, 4.69) is 26.5 Å². The van der Waals surface area contributed by atoms with Crippen molar-refractivity contribution in [1.82, 2.24) is 5.43 Å². The number of hydrogen-bond donors (Lipinski definition) is 1. The van der Waals surface area contributed by atoms with Crippen molar-refractivity contribution in [3.8, 4) is 0 Å². The van der Waals surface area contributed by atoms with E-state index >= 15 is 0 Å². The summed E-state index contributed by atoms with van der Waals surface area (Å²) in [6.45, 7) is 0. The first-order valence-electron chi connectivity index (χ1n) is 6.59. The predicted molar refractivity (Wildman–Crippen MR) is 96.7 cm³/mol. The molecule has 22 heavy (non-hydrogen) atoms. The van der Waals surface area contributed by atoms with Gasteiger partial charge in [0.2, 0.25) is 5.91 Å². The lowest BCUT2D eigenvalue weighted by Crippen LogP contribution is -2.17. The topological polar surface area (TPSA) is 41.5 Å². The van der Waals surface area contributed by atoms with Crippen LogP contribution in [0, 0.1) is 0 Å². The van der Waals surface area contributed by atoms with Crippen molar-refractivity contribution in [2.75, 3.05) is 5.75 Å². The highest BCUT2D eigenvalue weighted by Crippen LogP contribution is 2.20. The molecular formula is C16H14BrClN2OS. The van der Waals surface area contributed by atoms with E-state index in [0.717, 1.165) is 14.9 Å². The van der Waals surface area contributed by atoms with E-state index in [9.17, 15) is 4.79 Å². The van der Waals surface area contributed by atoms with Gasteiger partial charge in [-0.25, -0.2) is 5.43 Å². The van der Waals surface area contributed by atoms with Crippen molar-refractivity contribution < 1.29 is 4.79 Å². The van der Waals surface area contributed by atoms with E-state index in [1.165, 1.54) is 0 Å². The Balaban J connectivity index is 1.69. The Hall–Kier alpha value is -1.30. The minimum atomic E-state index is -0.102. The van der Waals surface area contributed by atoms with Gasteiger partial charge in [0.25, 0.3) is 0 Å². The monoisotopic (exact) mass is 396 g/mol. The molecule has 0 spiro atoms. The smallest absolute Gasteiger partial charge is 0.240 e. The highest BCUT2D eigenvalue weighted by Gasteiger charge is 2.01. The van der Waals surface area contributed by atoms with Gasteiger partial charge in [0.15, 0.2) is 0 Å². The molecule has 3 nitrogen and oxygen atoms in total. The number of amides is 1. The number of benzene rings is 2. The lowest BCUT2D eigenvalue weighted by molar-refractivity contribution is -0.120. The summed E-state index contributed by atoms with van der Waals surface area (Å²) in [5.41, 5.74) is 3.46. The number of halogens is 2. The number of hydrogen-bond acceptors (Lipinski definition) is 3. The number of thioether (sulfide) groups is 1. The van der Waals surface area contributed by atoms with Gasteiger partial charge in [-0.05, 0) is 42.0 Å². The van der Waals surface area contributed by atoms with Crippen molar-refractivity contribution >= 4 is 51.4 Å². The van der Waals surface area contributed by atoms with Gasteiger partial charge in [-0.3, -0.25) is 4.79 Å². The lowest BCUT2D eigenvalue weighted by Gasteiger charge is -2.01. The van der Waals surface area contributed by atoms with Crippen LogP contribution in [0.2, 0.25) is 5.02 Å². The molecule has 0 saturated heterocycles. The molecule has 0 bridgehead atoms. The van der Waals surface area contributed by atoms with Crippen molar-refractivity contribution in [2.45, 2.75) is 11.3 Å². The second-order valence-corrected chi connectivity index (χ2v) is 6.92. The molecule has 0 aliphatic heterocycles. The Morgan fingerprint density at radius 1 is 1.18 bits per heavy atom. The van der Waals surface area contributed by atoms with Gasteiger partial charge in [0.1, 0.15) is 0 Å². The average Bonchev–Trinajstić information content (AvgIpc) is 2.51. The standard InChI is InChI=1S/C16H14BrClN2OS/c17-13-3-1-12(2-4-13)11-19-20-16(21)9-10-22-15-7-5-14(18)6-8-15/h1-8,11H,9-10H2,(H,20,21)/b19-11-. The molecule has 2 aromatic carbocycles. The molecule has 1 amide bonds. The lowest BCUT2D eigenvalue weighted by atomic mass is 10.2. The summed E-state index contributed by atoms with van der Waals surface area (Å²) in [6, 6.07) is 15.2. The molecule has 0 heterocycles. The summed E-state index contributed by atoms with van der Waals surface area (Å²) in [7, 11) is 0. The fourth-order valence-electron chi connectivity index (χ4n) is 1.58. The molecule has 0 atom stereocenters. The van der Waals surface area contributed by atoms with Gasteiger partial charge in [-0.1, -0.05) is 39.7 Å². The maximum absolute atomic E-state index is 11.7. The third kappa shape index (κ3) is 6.22. The number of carbonyl (C=O) groups excluding carboxylic acids is 1. The van der Waals surface area contributed by atoms with Crippen LogP contribution in [-0.2, 0) is 4.79 Å². The van der Waals surface area contributed by atoms with Crippen LogP contribution in [0.1, 0.15) is 12.0 Å². The van der Waals surface area contributed by atoms with Gasteiger partial charge in [-0.15, -0.1) is 11.8 Å². The summed E-state index contributed by atoms with van der Waals surface area (Å²) in [5.74, 6) is 0.594. The van der Waals surface area contributed by atoms with E-state index in [0.29, 0.717) is 17.2 Å². The molecule has 0 unspecified atom stereocenters. The Kier molecular flexibility index (Phi) is 6.96. The Bertz CT molecular complexity index is 644. The van der Waals surface area contributed by atoms with E-state index in [1.807, 2.05) is 48.5 Å². The van der Waals surface area contributed by atoms with Crippen molar-refractivity contribution in [3.05, 3.63) is 63.6 Å². The fraction of sp³-hybridized carbons (Fsp3) is 0.125. The molecule has 0 aliphatic carbocycles. The van der Waals surface area contributed by atoms with Crippen LogP contribution in [0.25, 0.3) is 0 Å². The normalized spacial score (nSPS) is 10.8. The molecule has 0 aliphatic rings. The maximum Gasteiger partial charge on any atom is 0.240 e. The van der Waals surface area contributed by atoms with Crippen LogP contribution in [-0.4, -0.2) is 17.9 Å². The largest absolute Gasteiger partial charge is 0.273 e. The SMILES string of the molecule is O=C(CCSc1ccc(Cl)cc1)N/N=C\c1ccc(Br)cc1. The molecule has 2 rings (SSSR count). The molecule has 0 saturated carbocycles. The second-order valence-electron chi connectivity index (χ2n) is 4.40. The zero-order chi connectivity index (χ0) is 15.8. The minimum absolute atomic E-state index is 0.102. The molecule has 0 radical (unpaired) electrons. The Morgan fingerprint density at radius 2 is 1.86 bits per heavy atom. The summed E-state index contributed by atoms with van der Waals surface area (Å²) in [6.07, 6.45) is 2.03. The zero-order valence-electron chi connectivity index (χ0n) is 11.6. The number of nitrogens with zero attached hydrogens (tertiary/aromatic N) is 1. The van der Waals surface area contributed by atoms with Crippen LogP contribution >= 0.6 is 39.3 Å². The minimum Gasteiger partial charge on any atom is -0.273 e. The summed E-state index contributed by atoms with van der Waals surface area (Å²) >= 11 is 10.8. The first-order valence-corrected chi connectivity index (χ1v) is 8.75. The molecule has 1 N–H and O–H groups in total. The quantitative estimate of drug-likeness (QED) is 0.435. The van der Waals surface area contributed by atoms with Crippen LogP contribution in [0.3, 0.4) is 0 Å².